The number of hydrogen-bond acceptors (Lipinski definition) is 8. The molecule has 0 N–H and O–H groups in total. The predicted octanol–water partition coefficient (Wildman–Crippen LogP) is 3.60. The molecule has 0 spiro atoms. The van der Waals surface area contributed by atoms with Crippen molar-refractivity contribution in [2.24, 2.45) is 4.99 Å². The van der Waals surface area contributed by atoms with Gasteiger partial charge in [-0.1, -0.05) is 35.6 Å². The number of nitrogens with zero attached hydrogens (tertiary/aromatic N) is 2. The Balaban J connectivity index is 1.96. The van der Waals surface area contributed by atoms with Crippen LogP contribution in [0.5, 0.6) is 17.2 Å². The second-order valence-electron chi connectivity index (χ2n) is 8.62. The minimum atomic E-state index is -0.752. The summed E-state index contributed by atoms with van der Waals surface area (Å²) in [5, 5.41) is 0. The summed E-state index contributed by atoms with van der Waals surface area (Å²) in [6.07, 6.45) is 1.68. The molecule has 0 fully saturated rings. The average molecular weight is 523 g/mol. The minimum Gasteiger partial charge on any atom is -0.493 e. The summed E-state index contributed by atoms with van der Waals surface area (Å²) >= 11 is 1.26. The van der Waals surface area contributed by atoms with Gasteiger partial charge in [0.2, 0.25) is 0 Å². The number of hydrogen-bond donors (Lipinski definition) is 0. The Morgan fingerprint density at radius 2 is 1.84 bits per heavy atom. The molecular formula is C28H30N2O6S. The van der Waals surface area contributed by atoms with E-state index in [1.165, 1.54) is 11.3 Å². The Morgan fingerprint density at radius 1 is 1.11 bits per heavy atom. The number of aromatic nitrogens is 1. The molecule has 1 aromatic heterocycles. The van der Waals surface area contributed by atoms with Crippen molar-refractivity contribution in [3.63, 3.8) is 0 Å². The number of fused-ring (bicyclic) bond motifs is 1. The molecule has 0 amide bonds. The first-order chi connectivity index (χ1) is 17.8. The van der Waals surface area contributed by atoms with E-state index in [2.05, 4.69) is 4.99 Å². The number of methoxy groups -OCH3 is 2. The molecule has 37 heavy (non-hydrogen) atoms. The van der Waals surface area contributed by atoms with Crippen molar-refractivity contribution in [3.05, 3.63) is 84.5 Å². The number of esters is 1. The highest BCUT2D eigenvalue weighted by molar-refractivity contribution is 7.07. The van der Waals surface area contributed by atoms with E-state index in [0.717, 1.165) is 5.56 Å². The topological polar surface area (TPSA) is 88.4 Å². The van der Waals surface area contributed by atoms with E-state index < -0.39 is 12.0 Å². The maximum absolute atomic E-state index is 13.9. The van der Waals surface area contributed by atoms with Crippen molar-refractivity contribution in [2.75, 3.05) is 20.8 Å². The summed E-state index contributed by atoms with van der Waals surface area (Å²) in [5.41, 5.74) is 2.00. The monoisotopic (exact) mass is 522 g/mol. The third-order valence-corrected chi connectivity index (χ3v) is 6.78. The smallest absolute Gasteiger partial charge is 0.338 e. The minimum absolute atomic E-state index is 0.0989. The number of carbonyl (C=O) groups is 1. The van der Waals surface area contributed by atoms with E-state index >= 15 is 0 Å². The largest absolute Gasteiger partial charge is 0.493 e. The summed E-state index contributed by atoms with van der Waals surface area (Å²) in [7, 11) is 3.13. The Bertz CT molecular complexity index is 1530. The molecule has 2 aromatic carbocycles. The quantitative estimate of drug-likeness (QED) is 0.420. The van der Waals surface area contributed by atoms with Crippen molar-refractivity contribution >= 4 is 23.4 Å². The number of carbonyl (C=O) groups excluding carboxylic acids is 1. The lowest BCUT2D eigenvalue weighted by Crippen LogP contribution is -2.40. The number of ether oxygens (including phenoxy) is 4. The first-order valence-electron chi connectivity index (χ1n) is 12.0. The molecular weight excluding hydrogens is 492 g/mol. The standard InChI is InChI=1S/C28H30N2O6S/c1-7-35-27(32)24-17(4)29-28-30(25(24)19-10-8-9-11-20(19)36-16(2)3)26(31)23(37-28)15-18-12-13-21(33-5)22(14-18)34-6/h8-16,25H,7H2,1-6H3/b23-15+/t25-/m0/s1. The molecule has 3 aromatic rings. The van der Waals surface area contributed by atoms with Gasteiger partial charge < -0.3 is 18.9 Å². The molecule has 0 saturated heterocycles. The van der Waals surface area contributed by atoms with Gasteiger partial charge in [0, 0.05) is 5.56 Å². The number of para-hydroxylation sites is 1. The maximum atomic E-state index is 13.9. The van der Waals surface area contributed by atoms with Crippen LogP contribution in [-0.2, 0) is 9.53 Å². The van der Waals surface area contributed by atoms with E-state index in [0.29, 0.717) is 43.4 Å². The summed E-state index contributed by atoms with van der Waals surface area (Å²) in [4.78, 5) is 32.1. The van der Waals surface area contributed by atoms with Gasteiger partial charge in [0.1, 0.15) is 11.8 Å². The van der Waals surface area contributed by atoms with E-state index in [9.17, 15) is 9.59 Å². The van der Waals surface area contributed by atoms with Crippen molar-refractivity contribution in [1.82, 2.24) is 4.57 Å². The fourth-order valence-corrected chi connectivity index (χ4v) is 5.29. The lowest BCUT2D eigenvalue weighted by atomic mass is 9.95. The van der Waals surface area contributed by atoms with E-state index in [4.69, 9.17) is 18.9 Å². The normalized spacial score (nSPS) is 15.3. The van der Waals surface area contributed by atoms with Crippen LogP contribution in [0, 0.1) is 0 Å². The van der Waals surface area contributed by atoms with Crippen LogP contribution in [0.2, 0.25) is 0 Å². The number of benzene rings is 2. The average Bonchev–Trinajstić information content (AvgIpc) is 3.17. The molecule has 0 unspecified atom stereocenters. The summed E-state index contributed by atoms with van der Waals surface area (Å²) in [6, 6.07) is 12.1. The first-order valence-corrected chi connectivity index (χ1v) is 12.8. The highest BCUT2D eigenvalue weighted by Crippen LogP contribution is 2.36. The van der Waals surface area contributed by atoms with Crippen LogP contribution in [-0.4, -0.2) is 37.5 Å². The molecule has 1 aliphatic heterocycles. The van der Waals surface area contributed by atoms with Crippen LogP contribution >= 0.6 is 11.3 Å². The fraction of sp³-hybridized carbons (Fsp3) is 0.321. The molecule has 0 saturated carbocycles. The SMILES string of the molecule is CCOC(=O)C1=C(C)N=c2s/c(=C/c3ccc(OC)c(OC)c3)c(=O)n2[C@H]1c1ccccc1OC(C)C. The third kappa shape index (κ3) is 5.17. The lowest BCUT2D eigenvalue weighted by Gasteiger charge is -2.26. The number of thiazole rings is 1. The summed E-state index contributed by atoms with van der Waals surface area (Å²) in [5.74, 6) is 1.23. The predicted molar refractivity (Wildman–Crippen MR) is 142 cm³/mol. The van der Waals surface area contributed by atoms with Gasteiger partial charge in [-0.25, -0.2) is 9.79 Å². The Kier molecular flexibility index (Phi) is 7.83. The molecule has 9 heteroatoms. The molecule has 2 heterocycles. The Hall–Kier alpha value is -3.85. The highest BCUT2D eigenvalue weighted by Gasteiger charge is 2.35. The first kappa shape index (κ1) is 26.2. The Labute approximate surface area is 219 Å². The van der Waals surface area contributed by atoms with E-state index in [-0.39, 0.29) is 18.3 Å². The van der Waals surface area contributed by atoms with Crippen molar-refractivity contribution in [2.45, 2.75) is 39.8 Å². The zero-order valence-electron chi connectivity index (χ0n) is 21.7. The molecule has 8 nitrogen and oxygen atoms in total. The lowest BCUT2D eigenvalue weighted by molar-refractivity contribution is -0.139. The van der Waals surface area contributed by atoms with Crippen LogP contribution in [0.4, 0.5) is 0 Å². The van der Waals surface area contributed by atoms with Crippen molar-refractivity contribution in [3.8, 4) is 17.2 Å². The fourth-order valence-electron chi connectivity index (χ4n) is 4.25. The van der Waals surface area contributed by atoms with Gasteiger partial charge >= 0.3 is 5.97 Å². The van der Waals surface area contributed by atoms with Crippen LogP contribution in [0.15, 0.2) is 63.5 Å². The maximum Gasteiger partial charge on any atom is 0.338 e. The van der Waals surface area contributed by atoms with Crippen molar-refractivity contribution in [1.29, 1.82) is 0 Å². The van der Waals surface area contributed by atoms with E-state index in [1.54, 1.807) is 50.8 Å². The Morgan fingerprint density at radius 3 is 2.51 bits per heavy atom. The molecule has 0 radical (unpaired) electrons. The summed E-state index contributed by atoms with van der Waals surface area (Å²) < 4.78 is 24.2. The van der Waals surface area contributed by atoms with Gasteiger partial charge in [-0.2, -0.15) is 0 Å². The van der Waals surface area contributed by atoms with Gasteiger partial charge in [0.15, 0.2) is 16.3 Å². The van der Waals surface area contributed by atoms with Crippen LogP contribution in [0.3, 0.4) is 0 Å². The molecule has 4 rings (SSSR count). The molecule has 1 aliphatic rings. The molecule has 194 valence electrons. The van der Waals surface area contributed by atoms with Crippen LogP contribution in [0.25, 0.3) is 6.08 Å². The second-order valence-corrected chi connectivity index (χ2v) is 9.63. The molecule has 1 atom stereocenters. The van der Waals surface area contributed by atoms with Gasteiger partial charge in [-0.15, -0.1) is 0 Å². The van der Waals surface area contributed by atoms with Crippen LogP contribution < -0.4 is 29.1 Å². The highest BCUT2D eigenvalue weighted by atomic mass is 32.1. The van der Waals surface area contributed by atoms with Gasteiger partial charge in [-0.3, -0.25) is 9.36 Å². The van der Waals surface area contributed by atoms with Gasteiger partial charge in [-0.05, 0) is 57.5 Å². The number of rotatable bonds is 8. The van der Waals surface area contributed by atoms with Crippen LogP contribution in [0.1, 0.15) is 44.9 Å². The summed E-state index contributed by atoms with van der Waals surface area (Å²) in [6.45, 7) is 7.57. The van der Waals surface area contributed by atoms with Crippen molar-refractivity contribution < 1.29 is 23.7 Å². The van der Waals surface area contributed by atoms with Gasteiger partial charge in [0.05, 0.1) is 42.7 Å². The zero-order valence-corrected chi connectivity index (χ0v) is 22.5. The van der Waals surface area contributed by atoms with E-state index in [1.807, 2.05) is 44.2 Å². The molecule has 0 aliphatic carbocycles. The zero-order chi connectivity index (χ0) is 26.7. The van der Waals surface area contributed by atoms with Gasteiger partial charge in [0.25, 0.3) is 5.56 Å². The number of allylic oxidation sites excluding steroid dienone is 1. The second kappa shape index (κ2) is 11.0. The molecule has 0 bridgehead atoms. The third-order valence-electron chi connectivity index (χ3n) is 5.80.